The van der Waals surface area contributed by atoms with E-state index in [0.29, 0.717) is 5.13 Å². The van der Waals surface area contributed by atoms with Crippen LogP contribution in [0.4, 0.5) is 5.13 Å². The number of anilines is 1. The summed E-state index contributed by atoms with van der Waals surface area (Å²) in [5, 5.41) is 15.5. The Hall–Kier alpha value is -1.79. The molecule has 6 heteroatoms. The zero-order chi connectivity index (χ0) is 13.1. The topological polar surface area (TPSA) is 66.9 Å². The highest BCUT2D eigenvalue weighted by atomic mass is 32.1. The van der Waals surface area contributed by atoms with Gasteiger partial charge in [-0.2, -0.15) is 0 Å². The van der Waals surface area contributed by atoms with Crippen LogP contribution in [0.15, 0.2) is 30.3 Å². The van der Waals surface area contributed by atoms with Crippen molar-refractivity contribution in [2.45, 2.75) is 18.9 Å². The summed E-state index contributed by atoms with van der Waals surface area (Å²) in [6, 6.07) is 9.73. The van der Waals surface area contributed by atoms with E-state index < -0.39 is 0 Å². The number of carbonyl (C=O) groups excluding carboxylic acids is 1. The number of amides is 1. The lowest BCUT2D eigenvalue weighted by Gasteiger charge is -2.07. The summed E-state index contributed by atoms with van der Waals surface area (Å²) in [6.07, 6.45) is 1.93. The Balaban J connectivity index is 1.70. The van der Waals surface area contributed by atoms with E-state index in [9.17, 15) is 4.79 Å². The second-order valence-corrected chi connectivity index (χ2v) is 5.39. The lowest BCUT2D eigenvalue weighted by Crippen LogP contribution is -2.35. The minimum absolute atomic E-state index is 0.0201. The summed E-state index contributed by atoms with van der Waals surface area (Å²) in [5.41, 5.74) is 1.01. The summed E-state index contributed by atoms with van der Waals surface area (Å²) in [5.74, 6) is -0.0201. The second-order valence-electron chi connectivity index (χ2n) is 4.42. The maximum Gasteiger partial charge on any atom is 0.243 e. The number of carbonyl (C=O) groups is 1. The van der Waals surface area contributed by atoms with Gasteiger partial charge in [-0.05, 0) is 19.4 Å². The van der Waals surface area contributed by atoms with Gasteiger partial charge in [-0.15, -0.1) is 10.2 Å². The standard InChI is InChI=1S/C13H14N4OS/c18-11(10-7-4-8-14-10)15-13-17-16-12(19-13)9-5-2-1-3-6-9/h1-3,5-6,10,14H,4,7-8H2,(H,15,17,18). The third kappa shape index (κ3) is 2.80. The normalized spacial score (nSPS) is 18.4. The molecule has 98 valence electrons. The van der Waals surface area contributed by atoms with Gasteiger partial charge in [0, 0.05) is 5.56 Å². The van der Waals surface area contributed by atoms with E-state index in [1.807, 2.05) is 30.3 Å². The minimum Gasteiger partial charge on any atom is -0.306 e. The molecule has 2 heterocycles. The average Bonchev–Trinajstić information content (AvgIpc) is 3.11. The third-order valence-electron chi connectivity index (χ3n) is 3.05. The van der Waals surface area contributed by atoms with Crippen LogP contribution >= 0.6 is 11.3 Å². The van der Waals surface area contributed by atoms with Crippen LogP contribution in [0, 0.1) is 0 Å². The molecular weight excluding hydrogens is 260 g/mol. The number of aromatic nitrogens is 2. The van der Waals surface area contributed by atoms with Crippen LogP contribution in [0.2, 0.25) is 0 Å². The van der Waals surface area contributed by atoms with Crippen LogP contribution in [0.3, 0.4) is 0 Å². The molecule has 19 heavy (non-hydrogen) atoms. The summed E-state index contributed by atoms with van der Waals surface area (Å²) >= 11 is 1.39. The number of hydrogen-bond donors (Lipinski definition) is 2. The molecule has 1 unspecified atom stereocenters. The fourth-order valence-electron chi connectivity index (χ4n) is 2.07. The molecule has 3 rings (SSSR count). The summed E-state index contributed by atoms with van der Waals surface area (Å²) in [4.78, 5) is 11.9. The van der Waals surface area contributed by atoms with E-state index in [4.69, 9.17) is 0 Å². The Kier molecular flexibility index (Phi) is 3.52. The van der Waals surface area contributed by atoms with Gasteiger partial charge in [-0.25, -0.2) is 0 Å². The Morgan fingerprint density at radius 1 is 1.32 bits per heavy atom. The first kappa shape index (κ1) is 12.3. The van der Waals surface area contributed by atoms with Crippen LogP contribution in [-0.4, -0.2) is 28.7 Å². The van der Waals surface area contributed by atoms with Crippen molar-refractivity contribution in [2.24, 2.45) is 0 Å². The van der Waals surface area contributed by atoms with E-state index in [1.165, 1.54) is 11.3 Å². The van der Waals surface area contributed by atoms with Crippen LogP contribution in [0.1, 0.15) is 12.8 Å². The first-order valence-electron chi connectivity index (χ1n) is 6.26. The molecule has 1 aliphatic rings. The molecule has 2 N–H and O–H groups in total. The molecule has 5 nitrogen and oxygen atoms in total. The van der Waals surface area contributed by atoms with E-state index in [2.05, 4.69) is 20.8 Å². The average molecular weight is 274 g/mol. The molecule has 1 fully saturated rings. The highest BCUT2D eigenvalue weighted by Crippen LogP contribution is 2.26. The highest BCUT2D eigenvalue weighted by Gasteiger charge is 2.22. The highest BCUT2D eigenvalue weighted by molar-refractivity contribution is 7.18. The number of rotatable bonds is 3. The van der Waals surface area contributed by atoms with E-state index in [1.54, 1.807) is 0 Å². The maximum atomic E-state index is 11.9. The maximum absolute atomic E-state index is 11.9. The van der Waals surface area contributed by atoms with Gasteiger partial charge in [-0.1, -0.05) is 41.7 Å². The predicted molar refractivity (Wildman–Crippen MR) is 75.0 cm³/mol. The quantitative estimate of drug-likeness (QED) is 0.897. The van der Waals surface area contributed by atoms with E-state index in [-0.39, 0.29) is 11.9 Å². The molecule has 0 saturated carbocycles. The van der Waals surface area contributed by atoms with Crippen molar-refractivity contribution in [3.63, 3.8) is 0 Å². The summed E-state index contributed by atoms with van der Waals surface area (Å²) in [6.45, 7) is 0.906. The smallest absolute Gasteiger partial charge is 0.243 e. The molecule has 0 bridgehead atoms. The van der Waals surface area contributed by atoms with Crippen molar-refractivity contribution < 1.29 is 4.79 Å². The first-order valence-corrected chi connectivity index (χ1v) is 7.08. The first-order chi connectivity index (χ1) is 9.33. The van der Waals surface area contributed by atoms with Crippen molar-refractivity contribution >= 4 is 22.4 Å². The molecule has 2 aromatic rings. The van der Waals surface area contributed by atoms with Gasteiger partial charge >= 0.3 is 0 Å². The number of nitrogens with one attached hydrogen (secondary N) is 2. The van der Waals surface area contributed by atoms with E-state index >= 15 is 0 Å². The molecule has 1 aliphatic heterocycles. The van der Waals surface area contributed by atoms with Crippen LogP contribution in [-0.2, 0) is 4.79 Å². The summed E-state index contributed by atoms with van der Waals surface area (Å²) in [7, 11) is 0. The van der Waals surface area contributed by atoms with Gasteiger partial charge in [0.25, 0.3) is 0 Å². The fraction of sp³-hybridized carbons (Fsp3) is 0.308. The Morgan fingerprint density at radius 3 is 2.89 bits per heavy atom. The number of nitrogens with zero attached hydrogens (tertiary/aromatic N) is 2. The van der Waals surface area contributed by atoms with Gasteiger partial charge < -0.3 is 5.32 Å². The van der Waals surface area contributed by atoms with Gasteiger partial charge in [0.05, 0.1) is 6.04 Å². The fourth-order valence-corrected chi connectivity index (χ4v) is 2.82. The molecule has 1 amide bonds. The largest absolute Gasteiger partial charge is 0.306 e. The minimum atomic E-state index is -0.0934. The Labute approximate surface area is 115 Å². The zero-order valence-corrected chi connectivity index (χ0v) is 11.1. The molecule has 0 aliphatic carbocycles. The molecule has 1 aromatic carbocycles. The molecular formula is C13H14N4OS. The Bertz CT molecular complexity index is 563. The van der Waals surface area contributed by atoms with Crippen LogP contribution < -0.4 is 10.6 Å². The molecule has 0 spiro atoms. The molecule has 0 radical (unpaired) electrons. The van der Waals surface area contributed by atoms with Gasteiger partial charge in [0.15, 0.2) is 0 Å². The predicted octanol–water partition coefficient (Wildman–Crippen LogP) is 1.90. The summed E-state index contributed by atoms with van der Waals surface area (Å²) < 4.78 is 0. The van der Waals surface area contributed by atoms with Crippen molar-refractivity contribution in [3.05, 3.63) is 30.3 Å². The monoisotopic (exact) mass is 274 g/mol. The number of hydrogen-bond acceptors (Lipinski definition) is 5. The van der Waals surface area contributed by atoms with Crippen molar-refractivity contribution in [2.75, 3.05) is 11.9 Å². The SMILES string of the molecule is O=C(Nc1nnc(-c2ccccc2)s1)C1CCCN1. The number of benzene rings is 1. The van der Waals surface area contributed by atoms with Crippen molar-refractivity contribution in [3.8, 4) is 10.6 Å². The third-order valence-corrected chi connectivity index (χ3v) is 3.94. The lowest BCUT2D eigenvalue weighted by atomic mass is 10.2. The molecule has 1 saturated heterocycles. The molecule has 1 atom stereocenters. The second kappa shape index (κ2) is 5.46. The van der Waals surface area contributed by atoms with E-state index in [0.717, 1.165) is 30.0 Å². The van der Waals surface area contributed by atoms with Crippen molar-refractivity contribution in [1.29, 1.82) is 0 Å². The lowest BCUT2D eigenvalue weighted by molar-refractivity contribution is -0.117. The zero-order valence-electron chi connectivity index (χ0n) is 10.3. The van der Waals surface area contributed by atoms with Gasteiger partial charge in [0.2, 0.25) is 11.0 Å². The van der Waals surface area contributed by atoms with Crippen LogP contribution in [0.5, 0.6) is 0 Å². The van der Waals surface area contributed by atoms with Gasteiger partial charge in [0.1, 0.15) is 5.01 Å². The van der Waals surface area contributed by atoms with Crippen LogP contribution in [0.25, 0.3) is 10.6 Å². The van der Waals surface area contributed by atoms with Gasteiger partial charge in [-0.3, -0.25) is 10.1 Å². The van der Waals surface area contributed by atoms with Crippen molar-refractivity contribution in [1.82, 2.24) is 15.5 Å². The molecule has 1 aromatic heterocycles. The Morgan fingerprint density at radius 2 is 2.16 bits per heavy atom.